The molecule has 1 fully saturated rings. The number of hydrogen-bond acceptors (Lipinski definition) is 3. The van der Waals surface area contributed by atoms with Crippen LogP contribution in [0.2, 0.25) is 0 Å². The summed E-state index contributed by atoms with van der Waals surface area (Å²) < 4.78 is 0. The van der Waals surface area contributed by atoms with Crippen LogP contribution in [0.3, 0.4) is 0 Å². The van der Waals surface area contributed by atoms with E-state index < -0.39 is 0 Å². The van der Waals surface area contributed by atoms with Crippen LogP contribution >= 0.6 is 11.3 Å². The third-order valence-corrected chi connectivity index (χ3v) is 5.66. The lowest BCUT2D eigenvalue weighted by molar-refractivity contribution is 0.187. The van der Waals surface area contributed by atoms with Gasteiger partial charge in [-0.15, -0.1) is 11.3 Å². The summed E-state index contributed by atoms with van der Waals surface area (Å²) in [6, 6.07) is 0. The van der Waals surface area contributed by atoms with Gasteiger partial charge in [0.2, 0.25) is 0 Å². The number of rotatable bonds is 4. The van der Waals surface area contributed by atoms with Crippen molar-refractivity contribution >= 4 is 11.3 Å². The Bertz CT molecular complexity index is 376. The molecule has 0 amide bonds. The molecule has 1 heterocycles. The molecule has 1 aliphatic carbocycles. The first-order valence-electron chi connectivity index (χ1n) is 7.18. The molecule has 1 aromatic rings. The van der Waals surface area contributed by atoms with Crippen LogP contribution in [0, 0.1) is 18.8 Å². The lowest BCUT2D eigenvalue weighted by Gasteiger charge is -2.38. The first-order chi connectivity index (χ1) is 8.50. The summed E-state index contributed by atoms with van der Waals surface area (Å²) in [4.78, 5) is 5.74. The maximum Gasteiger partial charge on any atom is 0.0797 e. The molecule has 0 aromatic carbocycles. The van der Waals surface area contributed by atoms with Crippen molar-refractivity contribution in [2.24, 2.45) is 17.6 Å². The van der Waals surface area contributed by atoms with Gasteiger partial charge < -0.3 is 5.73 Å². The summed E-state index contributed by atoms with van der Waals surface area (Å²) in [7, 11) is 0. The molecule has 2 N–H and O–H groups in total. The smallest absolute Gasteiger partial charge is 0.0797 e. The lowest BCUT2D eigenvalue weighted by Crippen LogP contribution is -2.44. The van der Waals surface area contributed by atoms with Crippen LogP contribution < -0.4 is 5.73 Å². The molecule has 0 aliphatic heterocycles. The van der Waals surface area contributed by atoms with Gasteiger partial charge in [-0.05, 0) is 57.3 Å². The average Bonchev–Trinajstić information content (AvgIpc) is 2.73. The minimum absolute atomic E-state index is 0.0851. The first-order valence-corrected chi connectivity index (χ1v) is 8.06. The van der Waals surface area contributed by atoms with Gasteiger partial charge in [0.05, 0.1) is 11.2 Å². The summed E-state index contributed by atoms with van der Waals surface area (Å²) in [6.07, 6.45) is 7.27. The highest BCUT2D eigenvalue weighted by molar-refractivity contribution is 7.09. The van der Waals surface area contributed by atoms with E-state index in [9.17, 15) is 0 Å². The Morgan fingerprint density at radius 1 is 1.44 bits per heavy atom. The number of thiazole rings is 1. The van der Waals surface area contributed by atoms with Gasteiger partial charge in [-0.1, -0.05) is 13.8 Å². The van der Waals surface area contributed by atoms with Crippen LogP contribution in [0.1, 0.15) is 56.5 Å². The van der Waals surface area contributed by atoms with Gasteiger partial charge in [0, 0.05) is 10.4 Å². The highest BCUT2D eigenvalue weighted by Gasteiger charge is 2.32. The van der Waals surface area contributed by atoms with E-state index in [0.29, 0.717) is 0 Å². The Balaban J connectivity index is 1.85. The quantitative estimate of drug-likeness (QED) is 0.897. The predicted octanol–water partition coefficient (Wildman–Crippen LogP) is 3.93. The zero-order valence-electron chi connectivity index (χ0n) is 11.9. The number of aryl methyl sites for hydroxylation is 2. The van der Waals surface area contributed by atoms with E-state index >= 15 is 0 Å². The van der Waals surface area contributed by atoms with Crippen molar-refractivity contribution < 1.29 is 0 Å². The zero-order chi connectivity index (χ0) is 13.2. The third-order valence-electron chi connectivity index (χ3n) is 4.66. The van der Waals surface area contributed by atoms with Gasteiger partial charge in [-0.2, -0.15) is 0 Å². The molecule has 2 nitrogen and oxygen atoms in total. The van der Waals surface area contributed by atoms with E-state index in [4.69, 9.17) is 5.73 Å². The van der Waals surface area contributed by atoms with Crippen LogP contribution in [0.15, 0.2) is 5.51 Å². The monoisotopic (exact) mass is 266 g/mol. The van der Waals surface area contributed by atoms with Gasteiger partial charge >= 0.3 is 0 Å². The summed E-state index contributed by atoms with van der Waals surface area (Å²) in [6.45, 7) is 6.79. The van der Waals surface area contributed by atoms with E-state index in [1.54, 1.807) is 11.3 Å². The summed E-state index contributed by atoms with van der Waals surface area (Å²) >= 11 is 1.78. The molecule has 0 radical (unpaired) electrons. The molecule has 0 atom stereocenters. The zero-order valence-corrected chi connectivity index (χ0v) is 12.7. The third kappa shape index (κ3) is 3.33. The second kappa shape index (κ2) is 5.70. The van der Waals surface area contributed by atoms with Crippen LogP contribution in [-0.4, -0.2) is 10.5 Å². The summed E-state index contributed by atoms with van der Waals surface area (Å²) in [5.74, 6) is 1.71. The number of hydrogen-bond donors (Lipinski definition) is 1. The van der Waals surface area contributed by atoms with Gasteiger partial charge in [-0.25, -0.2) is 4.98 Å². The molecule has 0 bridgehead atoms. The first kappa shape index (κ1) is 14.0. The van der Waals surface area contributed by atoms with E-state index in [-0.39, 0.29) is 5.54 Å². The maximum absolute atomic E-state index is 6.57. The van der Waals surface area contributed by atoms with Crippen LogP contribution in [0.5, 0.6) is 0 Å². The minimum Gasteiger partial charge on any atom is -0.325 e. The Kier molecular flexibility index (Phi) is 4.44. The van der Waals surface area contributed by atoms with E-state index in [1.165, 1.54) is 36.3 Å². The normalized spacial score (nSPS) is 28.8. The van der Waals surface area contributed by atoms with Gasteiger partial charge in [0.1, 0.15) is 0 Å². The molecule has 1 aliphatic rings. The number of nitrogens with two attached hydrogens (primary N) is 1. The van der Waals surface area contributed by atoms with Gasteiger partial charge in [0.25, 0.3) is 0 Å². The van der Waals surface area contributed by atoms with Crippen molar-refractivity contribution in [3.63, 3.8) is 0 Å². The average molecular weight is 266 g/mol. The fraction of sp³-hybridized carbons (Fsp3) is 0.800. The molecule has 18 heavy (non-hydrogen) atoms. The lowest BCUT2D eigenvalue weighted by atomic mass is 9.71. The van der Waals surface area contributed by atoms with Crippen molar-refractivity contribution in [3.05, 3.63) is 16.1 Å². The minimum atomic E-state index is 0.0851. The van der Waals surface area contributed by atoms with Crippen LogP contribution in [0.25, 0.3) is 0 Å². The van der Waals surface area contributed by atoms with E-state index in [0.717, 1.165) is 24.7 Å². The summed E-state index contributed by atoms with van der Waals surface area (Å²) in [5, 5.41) is 0. The molecule has 1 aromatic heterocycles. The predicted molar refractivity (Wildman–Crippen MR) is 78.9 cm³/mol. The molecule has 1 saturated carbocycles. The molecule has 102 valence electrons. The van der Waals surface area contributed by atoms with Gasteiger partial charge in [0.15, 0.2) is 0 Å². The van der Waals surface area contributed by atoms with Gasteiger partial charge in [-0.3, -0.25) is 0 Å². The summed E-state index contributed by atoms with van der Waals surface area (Å²) in [5.41, 5.74) is 9.80. The van der Waals surface area contributed by atoms with Crippen LogP contribution in [0.4, 0.5) is 0 Å². The van der Waals surface area contributed by atoms with E-state index in [1.807, 2.05) is 5.51 Å². The Morgan fingerprint density at radius 2 is 2.11 bits per heavy atom. The highest BCUT2D eigenvalue weighted by atomic mass is 32.1. The topological polar surface area (TPSA) is 38.9 Å². The SMILES string of the molecule is Cc1ncsc1CCC1(N)CCC(C(C)C)CC1. The van der Waals surface area contributed by atoms with E-state index in [2.05, 4.69) is 25.8 Å². The van der Waals surface area contributed by atoms with Crippen molar-refractivity contribution in [2.45, 2.75) is 64.8 Å². The van der Waals surface area contributed by atoms with Crippen molar-refractivity contribution in [1.82, 2.24) is 4.98 Å². The highest BCUT2D eigenvalue weighted by Crippen LogP contribution is 2.37. The fourth-order valence-corrected chi connectivity index (χ4v) is 3.84. The van der Waals surface area contributed by atoms with Crippen molar-refractivity contribution in [2.75, 3.05) is 0 Å². The molecule has 0 unspecified atom stereocenters. The Labute approximate surface area is 115 Å². The van der Waals surface area contributed by atoms with Crippen LogP contribution in [-0.2, 0) is 6.42 Å². The molecule has 3 heteroatoms. The Hall–Kier alpha value is -0.410. The van der Waals surface area contributed by atoms with Crippen molar-refractivity contribution in [1.29, 1.82) is 0 Å². The molecule has 2 rings (SSSR count). The molecule has 0 spiro atoms. The Morgan fingerprint density at radius 3 is 2.61 bits per heavy atom. The molecular weight excluding hydrogens is 240 g/mol. The standard InChI is InChI=1S/C15H26N2S/c1-11(2)13-4-7-15(16,8-5-13)9-6-14-12(3)17-10-18-14/h10-11,13H,4-9,16H2,1-3H3. The van der Waals surface area contributed by atoms with Crippen molar-refractivity contribution in [3.8, 4) is 0 Å². The second-order valence-corrected chi connectivity index (χ2v) is 7.24. The fourth-order valence-electron chi connectivity index (χ4n) is 3.06. The molecule has 0 saturated heterocycles. The second-order valence-electron chi connectivity index (χ2n) is 6.30. The molecular formula is C15H26N2S. The maximum atomic E-state index is 6.57. The number of aromatic nitrogens is 1. The largest absolute Gasteiger partial charge is 0.325 e. The number of nitrogens with zero attached hydrogens (tertiary/aromatic N) is 1.